The van der Waals surface area contributed by atoms with Crippen LogP contribution >= 0.6 is 0 Å². The van der Waals surface area contributed by atoms with Crippen LogP contribution in [0.3, 0.4) is 0 Å². The fourth-order valence-electron chi connectivity index (χ4n) is 3.52. The zero-order valence-corrected chi connectivity index (χ0v) is 15.4. The van der Waals surface area contributed by atoms with Gasteiger partial charge in [0, 0.05) is 52.1 Å². The highest BCUT2D eigenvalue weighted by atomic mass is 16.5. The highest BCUT2D eigenvalue weighted by molar-refractivity contribution is 5.80. The number of guanidine groups is 1. The van der Waals surface area contributed by atoms with E-state index < -0.39 is 0 Å². The summed E-state index contributed by atoms with van der Waals surface area (Å²) in [4.78, 5) is 9.21. The number of anilines is 1. The molecule has 0 saturated carbocycles. The van der Waals surface area contributed by atoms with Crippen molar-refractivity contribution < 1.29 is 9.47 Å². The van der Waals surface area contributed by atoms with E-state index in [0.29, 0.717) is 6.10 Å². The summed E-state index contributed by atoms with van der Waals surface area (Å²) in [7, 11) is 3.56. The van der Waals surface area contributed by atoms with Crippen LogP contribution in [-0.4, -0.2) is 70.5 Å². The lowest BCUT2D eigenvalue weighted by molar-refractivity contribution is 0.105. The predicted molar refractivity (Wildman–Crippen MR) is 102 cm³/mol. The Morgan fingerprint density at radius 1 is 1.24 bits per heavy atom. The van der Waals surface area contributed by atoms with Crippen molar-refractivity contribution in [3.63, 3.8) is 0 Å². The first-order valence-electron chi connectivity index (χ1n) is 9.26. The molecule has 0 aliphatic carbocycles. The molecule has 2 aliphatic rings. The smallest absolute Gasteiger partial charge is 0.193 e. The molecule has 2 heterocycles. The summed E-state index contributed by atoms with van der Waals surface area (Å²) in [5.74, 6) is 1.91. The Labute approximate surface area is 150 Å². The lowest BCUT2D eigenvalue weighted by Gasteiger charge is -2.37. The molecule has 2 fully saturated rings. The second-order valence-corrected chi connectivity index (χ2v) is 6.57. The summed E-state index contributed by atoms with van der Waals surface area (Å²) in [6.45, 7) is 5.80. The Bertz CT molecular complexity index is 547. The normalized spacial score (nSPS) is 21.5. The first kappa shape index (κ1) is 17.9. The van der Waals surface area contributed by atoms with E-state index in [0.717, 1.165) is 57.5 Å². The van der Waals surface area contributed by atoms with Gasteiger partial charge in [0.05, 0.1) is 13.2 Å². The molecule has 0 amide bonds. The number of nitrogens with zero attached hydrogens (tertiary/aromatic N) is 3. The van der Waals surface area contributed by atoms with Gasteiger partial charge >= 0.3 is 0 Å². The molecular weight excluding hydrogens is 316 g/mol. The van der Waals surface area contributed by atoms with E-state index in [-0.39, 0.29) is 0 Å². The molecule has 1 aromatic rings. The van der Waals surface area contributed by atoms with E-state index in [4.69, 9.17) is 9.47 Å². The molecule has 3 rings (SSSR count). The minimum atomic E-state index is 0.428. The molecule has 1 atom stereocenters. The van der Waals surface area contributed by atoms with Gasteiger partial charge < -0.3 is 24.6 Å². The zero-order chi connectivity index (χ0) is 17.5. The molecule has 1 aromatic carbocycles. The Morgan fingerprint density at radius 2 is 2.00 bits per heavy atom. The van der Waals surface area contributed by atoms with Crippen molar-refractivity contribution >= 4 is 11.6 Å². The summed E-state index contributed by atoms with van der Waals surface area (Å²) in [6, 6.07) is 8.30. The van der Waals surface area contributed by atoms with E-state index in [1.54, 1.807) is 7.11 Å². The van der Waals surface area contributed by atoms with Crippen LogP contribution in [-0.2, 0) is 4.74 Å². The van der Waals surface area contributed by atoms with Gasteiger partial charge in [-0.25, -0.2) is 0 Å². The second-order valence-electron chi connectivity index (χ2n) is 6.57. The van der Waals surface area contributed by atoms with E-state index in [9.17, 15) is 0 Å². The van der Waals surface area contributed by atoms with Crippen LogP contribution in [0.15, 0.2) is 29.3 Å². The number of hydrogen-bond acceptors (Lipinski definition) is 4. The lowest BCUT2D eigenvalue weighted by Crippen LogP contribution is -2.52. The van der Waals surface area contributed by atoms with Crippen LogP contribution in [0.2, 0.25) is 0 Å². The number of benzene rings is 1. The summed E-state index contributed by atoms with van der Waals surface area (Å²) >= 11 is 0. The van der Waals surface area contributed by atoms with Crippen molar-refractivity contribution in [2.24, 2.45) is 4.99 Å². The predicted octanol–water partition coefficient (Wildman–Crippen LogP) is 1.96. The van der Waals surface area contributed by atoms with Crippen molar-refractivity contribution in [1.82, 2.24) is 10.2 Å². The van der Waals surface area contributed by atoms with Gasteiger partial charge in [-0.05, 0) is 43.5 Å². The third-order valence-electron chi connectivity index (χ3n) is 5.00. The van der Waals surface area contributed by atoms with Crippen molar-refractivity contribution in [3.8, 4) is 5.75 Å². The molecule has 1 N–H and O–H groups in total. The van der Waals surface area contributed by atoms with Crippen LogP contribution in [0.25, 0.3) is 0 Å². The quantitative estimate of drug-likeness (QED) is 0.652. The standard InChI is InChI=1S/C19H30N4O2/c1-20-19(21-10-9-18-4-3-15-25-18)23-13-11-22(12-14-23)16-5-7-17(24-2)8-6-16/h5-8,18H,3-4,9-15H2,1-2H3,(H,20,21). The largest absolute Gasteiger partial charge is 0.497 e. The van der Waals surface area contributed by atoms with Crippen LogP contribution in [0, 0.1) is 0 Å². The van der Waals surface area contributed by atoms with Gasteiger partial charge in [0.15, 0.2) is 5.96 Å². The van der Waals surface area contributed by atoms with Gasteiger partial charge in [-0.15, -0.1) is 0 Å². The van der Waals surface area contributed by atoms with Gasteiger partial charge in [-0.3, -0.25) is 4.99 Å². The summed E-state index contributed by atoms with van der Waals surface area (Å²) in [5, 5.41) is 3.50. The fraction of sp³-hybridized carbons (Fsp3) is 0.632. The second kappa shape index (κ2) is 8.94. The zero-order valence-electron chi connectivity index (χ0n) is 15.4. The lowest BCUT2D eigenvalue weighted by atomic mass is 10.2. The summed E-state index contributed by atoms with van der Waals surface area (Å²) in [5.41, 5.74) is 1.25. The number of methoxy groups -OCH3 is 1. The third-order valence-corrected chi connectivity index (χ3v) is 5.00. The van der Waals surface area contributed by atoms with Crippen molar-refractivity contribution in [2.45, 2.75) is 25.4 Å². The van der Waals surface area contributed by atoms with E-state index in [2.05, 4.69) is 32.2 Å². The molecule has 2 aliphatic heterocycles. The molecule has 6 heteroatoms. The minimum absolute atomic E-state index is 0.428. The van der Waals surface area contributed by atoms with Crippen LogP contribution < -0.4 is 15.0 Å². The van der Waals surface area contributed by atoms with Gasteiger partial charge in [0.2, 0.25) is 0 Å². The molecule has 6 nitrogen and oxygen atoms in total. The molecule has 25 heavy (non-hydrogen) atoms. The number of aliphatic imine (C=N–C) groups is 1. The molecular formula is C19H30N4O2. The number of ether oxygens (including phenoxy) is 2. The molecule has 0 bridgehead atoms. The maximum Gasteiger partial charge on any atom is 0.193 e. The van der Waals surface area contributed by atoms with Gasteiger partial charge in [-0.1, -0.05) is 0 Å². The van der Waals surface area contributed by atoms with E-state index in [1.807, 2.05) is 19.2 Å². The highest BCUT2D eigenvalue weighted by Gasteiger charge is 2.20. The SMILES string of the molecule is CN=C(NCCC1CCCO1)N1CCN(c2ccc(OC)cc2)CC1. The Kier molecular flexibility index (Phi) is 6.39. The number of nitrogens with one attached hydrogen (secondary N) is 1. The van der Waals surface area contributed by atoms with Crippen molar-refractivity contribution in [1.29, 1.82) is 0 Å². The van der Waals surface area contributed by atoms with Crippen LogP contribution in [0.4, 0.5) is 5.69 Å². The average Bonchev–Trinajstić information content (AvgIpc) is 3.19. The minimum Gasteiger partial charge on any atom is -0.497 e. The van der Waals surface area contributed by atoms with Gasteiger partial charge in [-0.2, -0.15) is 0 Å². The van der Waals surface area contributed by atoms with E-state index >= 15 is 0 Å². The summed E-state index contributed by atoms with van der Waals surface area (Å²) < 4.78 is 10.9. The molecule has 0 aromatic heterocycles. The highest BCUT2D eigenvalue weighted by Crippen LogP contribution is 2.20. The Morgan fingerprint density at radius 3 is 2.60 bits per heavy atom. The number of piperazine rings is 1. The number of rotatable bonds is 5. The monoisotopic (exact) mass is 346 g/mol. The Balaban J connectivity index is 1.44. The molecule has 138 valence electrons. The molecule has 0 spiro atoms. The topological polar surface area (TPSA) is 49.3 Å². The molecule has 2 saturated heterocycles. The van der Waals surface area contributed by atoms with Gasteiger partial charge in [0.1, 0.15) is 5.75 Å². The fourth-order valence-corrected chi connectivity index (χ4v) is 3.52. The number of hydrogen-bond donors (Lipinski definition) is 1. The van der Waals surface area contributed by atoms with Crippen molar-refractivity contribution in [3.05, 3.63) is 24.3 Å². The van der Waals surface area contributed by atoms with Crippen molar-refractivity contribution in [2.75, 3.05) is 58.4 Å². The maximum atomic E-state index is 5.68. The Hall–Kier alpha value is -1.95. The third kappa shape index (κ3) is 4.78. The average molecular weight is 346 g/mol. The first-order valence-corrected chi connectivity index (χ1v) is 9.26. The maximum absolute atomic E-state index is 5.68. The molecule has 1 unspecified atom stereocenters. The first-order chi connectivity index (χ1) is 12.3. The van der Waals surface area contributed by atoms with Gasteiger partial charge in [0.25, 0.3) is 0 Å². The van der Waals surface area contributed by atoms with Crippen LogP contribution in [0.5, 0.6) is 5.75 Å². The van der Waals surface area contributed by atoms with E-state index in [1.165, 1.54) is 18.5 Å². The molecule has 0 radical (unpaired) electrons. The van der Waals surface area contributed by atoms with Crippen LogP contribution in [0.1, 0.15) is 19.3 Å². The summed E-state index contributed by atoms with van der Waals surface area (Å²) in [6.07, 6.45) is 3.88.